The maximum Gasteiger partial charge on any atom is 0.333 e. The topological polar surface area (TPSA) is 44.6 Å². The lowest BCUT2D eigenvalue weighted by atomic mass is 9.89. The Labute approximate surface area is 147 Å². The molecule has 0 unspecified atom stereocenters. The van der Waals surface area contributed by atoms with Crippen LogP contribution >= 0.6 is 0 Å². The number of carbonyl (C=O) groups excluding carboxylic acids is 1. The molecule has 0 N–H and O–H groups in total. The fraction of sp³-hybridized carbons (Fsp3) is 0.765. The molecule has 0 saturated carbocycles. The largest absolute Gasteiger partial charge is 0.337 e. The maximum atomic E-state index is 12.6. The summed E-state index contributed by atoms with van der Waals surface area (Å²) in [6.45, 7) is 5.33. The molecule has 3 heterocycles. The molecule has 2 saturated heterocycles. The molecule has 0 aliphatic carbocycles. The van der Waals surface area contributed by atoms with E-state index in [-0.39, 0.29) is 11.6 Å². The number of hydrogen-bond acceptors (Lipinski definition) is 4. The van der Waals surface area contributed by atoms with Crippen molar-refractivity contribution in [2.45, 2.75) is 32.4 Å². The quantitative estimate of drug-likeness (QED) is 0.826. The number of rotatable bonds is 4. The molecule has 3 rings (SSSR count). The zero-order valence-electron chi connectivity index (χ0n) is 14.9. The SMILES string of the molecule is C[C@@H](C1CCN(C(=O)c2ccn(C(F)F)n2)CC1)N1CCN(C)CC1. The van der Waals surface area contributed by atoms with Crippen LogP contribution < -0.4 is 0 Å². The molecule has 8 heteroatoms. The van der Waals surface area contributed by atoms with Gasteiger partial charge in [0.05, 0.1) is 0 Å². The van der Waals surface area contributed by atoms with Gasteiger partial charge in [0.2, 0.25) is 0 Å². The fourth-order valence-electron chi connectivity index (χ4n) is 3.84. The standard InChI is InChI=1S/C17H27F2N5O/c1-13(22-11-9-21(2)10-12-22)14-3-6-23(7-4-14)16(25)15-5-8-24(20-15)17(18)19/h5,8,13-14,17H,3-4,6-7,9-12H2,1-2H3/t13-/m0/s1. The van der Waals surface area contributed by atoms with Crippen molar-refractivity contribution in [3.63, 3.8) is 0 Å². The molecule has 1 aromatic heterocycles. The summed E-state index contributed by atoms with van der Waals surface area (Å²) in [4.78, 5) is 19.1. The Morgan fingerprint density at radius 1 is 1.16 bits per heavy atom. The number of amides is 1. The number of carbonyl (C=O) groups is 1. The lowest BCUT2D eigenvalue weighted by molar-refractivity contribution is 0.0476. The van der Waals surface area contributed by atoms with Crippen LogP contribution in [0, 0.1) is 5.92 Å². The van der Waals surface area contributed by atoms with Gasteiger partial charge in [-0.1, -0.05) is 0 Å². The van der Waals surface area contributed by atoms with Gasteiger partial charge in [0.1, 0.15) is 0 Å². The normalized spacial score (nSPS) is 22.5. The monoisotopic (exact) mass is 355 g/mol. The highest BCUT2D eigenvalue weighted by Gasteiger charge is 2.31. The van der Waals surface area contributed by atoms with Crippen LogP contribution in [-0.2, 0) is 0 Å². The number of nitrogens with zero attached hydrogens (tertiary/aromatic N) is 5. The van der Waals surface area contributed by atoms with Crippen molar-refractivity contribution in [1.29, 1.82) is 0 Å². The van der Waals surface area contributed by atoms with Crippen LogP contribution in [0.15, 0.2) is 12.3 Å². The molecule has 0 spiro atoms. The predicted molar refractivity (Wildman–Crippen MR) is 90.6 cm³/mol. The Kier molecular flexibility index (Phi) is 5.68. The summed E-state index contributed by atoms with van der Waals surface area (Å²) in [5, 5.41) is 3.68. The minimum absolute atomic E-state index is 0.103. The van der Waals surface area contributed by atoms with Crippen LogP contribution in [0.2, 0.25) is 0 Å². The minimum Gasteiger partial charge on any atom is -0.337 e. The van der Waals surface area contributed by atoms with E-state index in [1.807, 2.05) is 0 Å². The van der Waals surface area contributed by atoms with E-state index >= 15 is 0 Å². The molecule has 1 aromatic rings. The Morgan fingerprint density at radius 2 is 1.80 bits per heavy atom. The van der Waals surface area contributed by atoms with E-state index in [0.717, 1.165) is 45.2 Å². The lowest BCUT2D eigenvalue weighted by Gasteiger charge is -2.42. The molecule has 2 fully saturated rings. The van der Waals surface area contributed by atoms with E-state index in [1.54, 1.807) is 4.90 Å². The molecule has 1 atom stereocenters. The molecular formula is C17H27F2N5O. The highest BCUT2D eigenvalue weighted by Crippen LogP contribution is 2.25. The maximum absolute atomic E-state index is 12.6. The Bertz CT molecular complexity index is 577. The highest BCUT2D eigenvalue weighted by molar-refractivity contribution is 5.92. The first kappa shape index (κ1) is 18.3. The number of alkyl halides is 2. The van der Waals surface area contributed by atoms with Crippen molar-refractivity contribution in [2.24, 2.45) is 5.92 Å². The molecule has 140 valence electrons. The zero-order chi connectivity index (χ0) is 18.0. The van der Waals surface area contributed by atoms with E-state index in [0.29, 0.717) is 29.7 Å². The van der Waals surface area contributed by atoms with Crippen molar-refractivity contribution in [2.75, 3.05) is 46.3 Å². The summed E-state index contributed by atoms with van der Waals surface area (Å²) in [6, 6.07) is 1.89. The van der Waals surface area contributed by atoms with Gasteiger partial charge >= 0.3 is 6.55 Å². The Morgan fingerprint density at radius 3 is 2.36 bits per heavy atom. The number of halogens is 2. The Hall–Kier alpha value is -1.54. The van der Waals surface area contributed by atoms with E-state index in [2.05, 4.69) is 28.9 Å². The third kappa shape index (κ3) is 4.17. The summed E-state index contributed by atoms with van der Waals surface area (Å²) in [5.41, 5.74) is 0.103. The molecule has 0 aromatic carbocycles. The van der Waals surface area contributed by atoms with E-state index < -0.39 is 6.55 Å². The molecule has 6 nitrogen and oxygen atoms in total. The summed E-state index contributed by atoms with van der Waals surface area (Å²) in [6.07, 6.45) is 3.06. The fourth-order valence-corrected chi connectivity index (χ4v) is 3.84. The summed E-state index contributed by atoms with van der Waals surface area (Å²) in [5.74, 6) is 0.330. The van der Waals surface area contributed by atoms with Gasteiger partial charge < -0.3 is 9.80 Å². The van der Waals surface area contributed by atoms with E-state index in [9.17, 15) is 13.6 Å². The third-order valence-corrected chi connectivity index (χ3v) is 5.65. The van der Waals surface area contributed by atoms with Gasteiger partial charge in [0.25, 0.3) is 5.91 Å². The second kappa shape index (κ2) is 7.78. The smallest absolute Gasteiger partial charge is 0.333 e. The van der Waals surface area contributed by atoms with Gasteiger partial charge in [0, 0.05) is 51.5 Å². The summed E-state index contributed by atoms with van der Waals surface area (Å²) in [7, 11) is 2.15. The number of aromatic nitrogens is 2. The van der Waals surface area contributed by atoms with Crippen molar-refractivity contribution >= 4 is 5.91 Å². The van der Waals surface area contributed by atoms with Gasteiger partial charge in [-0.15, -0.1) is 0 Å². The summed E-state index contributed by atoms with van der Waals surface area (Å²) < 4.78 is 25.7. The minimum atomic E-state index is -2.71. The van der Waals surface area contributed by atoms with Crippen LogP contribution in [0.3, 0.4) is 0 Å². The first-order valence-corrected chi connectivity index (χ1v) is 9.01. The first-order valence-electron chi connectivity index (χ1n) is 9.01. The van der Waals surface area contributed by atoms with Gasteiger partial charge in [-0.25, -0.2) is 4.68 Å². The summed E-state index contributed by atoms with van der Waals surface area (Å²) >= 11 is 0. The van der Waals surface area contributed by atoms with Crippen LogP contribution in [-0.4, -0.2) is 82.7 Å². The highest BCUT2D eigenvalue weighted by atomic mass is 19.3. The number of likely N-dealkylation sites (tertiary alicyclic amines) is 1. The van der Waals surface area contributed by atoms with Crippen molar-refractivity contribution in [3.05, 3.63) is 18.0 Å². The first-order chi connectivity index (χ1) is 12.0. The average molecular weight is 355 g/mol. The van der Waals surface area contributed by atoms with Gasteiger partial charge in [-0.05, 0) is 38.8 Å². The van der Waals surface area contributed by atoms with Crippen molar-refractivity contribution in [1.82, 2.24) is 24.5 Å². The third-order valence-electron chi connectivity index (χ3n) is 5.65. The molecular weight excluding hydrogens is 328 g/mol. The Balaban J connectivity index is 1.51. The number of piperazine rings is 1. The van der Waals surface area contributed by atoms with Crippen LogP contribution in [0.4, 0.5) is 8.78 Å². The number of hydrogen-bond donors (Lipinski definition) is 0. The van der Waals surface area contributed by atoms with E-state index in [4.69, 9.17) is 0 Å². The van der Waals surface area contributed by atoms with E-state index in [1.165, 1.54) is 6.07 Å². The zero-order valence-corrected chi connectivity index (χ0v) is 14.9. The van der Waals surface area contributed by atoms with Crippen molar-refractivity contribution in [3.8, 4) is 0 Å². The second-order valence-corrected chi connectivity index (χ2v) is 7.17. The van der Waals surface area contributed by atoms with Crippen molar-refractivity contribution < 1.29 is 13.6 Å². The molecule has 2 aliphatic heterocycles. The molecule has 2 aliphatic rings. The van der Waals surface area contributed by atoms with Crippen LogP contribution in [0.1, 0.15) is 36.8 Å². The van der Waals surface area contributed by atoms with Crippen LogP contribution in [0.25, 0.3) is 0 Å². The van der Waals surface area contributed by atoms with Gasteiger partial charge in [-0.2, -0.15) is 13.9 Å². The van der Waals surface area contributed by atoms with Gasteiger partial charge in [-0.3, -0.25) is 9.69 Å². The number of likely N-dealkylation sites (N-methyl/N-ethyl adjacent to an activating group) is 1. The predicted octanol–water partition coefficient (Wildman–Crippen LogP) is 1.77. The second-order valence-electron chi connectivity index (χ2n) is 7.17. The molecule has 0 radical (unpaired) electrons. The van der Waals surface area contributed by atoms with Crippen LogP contribution in [0.5, 0.6) is 0 Å². The van der Waals surface area contributed by atoms with Gasteiger partial charge in [0.15, 0.2) is 5.69 Å². The lowest BCUT2D eigenvalue weighted by Crippen LogP contribution is -2.52. The molecule has 0 bridgehead atoms. The number of piperidine rings is 1. The molecule has 25 heavy (non-hydrogen) atoms. The average Bonchev–Trinajstić information content (AvgIpc) is 3.12. The molecule has 1 amide bonds.